The zero-order valence-corrected chi connectivity index (χ0v) is 28.2. The summed E-state index contributed by atoms with van der Waals surface area (Å²) in [5.74, 6) is 3.19. The molecule has 0 atom stereocenters. The summed E-state index contributed by atoms with van der Waals surface area (Å²) in [6.45, 7) is 0. The summed E-state index contributed by atoms with van der Waals surface area (Å²) in [6.07, 6.45) is 0. The van der Waals surface area contributed by atoms with E-state index in [2.05, 4.69) is 168 Å². The highest BCUT2D eigenvalue weighted by Gasteiger charge is 2.34. The maximum atomic E-state index is 6.51. The quantitative estimate of drug-likeness (QED) is 0.176. The van der Waals surface area contributed by atoms with Gasteiger partial charge in [-0.1, -0.05) is 115 Å². The van der Waals surface area contributed by atoms with Crippen LogP contribution < -0.4 is 19.3 Å². The van der Waals surface area contributed by atoms with Gasteiger partial charge in [-0.2, -0.15) is 0 Å². The SMILES string of the molecule is c1ccc(N(c2ccccc2)c2ccc(-c3ccc(-c4cccc(-c5cc6c7c(c5)Oc5ccccc5N7c5ccccc5O6)c4)cc3)cc2)cc1. The smallest absolute Gasteiger partial charge is 0.156 e. The van der Waals surface area contributed by atoms with Crippen LogP contribution in [0.4, 0.5) is 34.1 Å². The first-order valence-corrected chi connectivity index (χ1v) is 17.5. The van der Waals surface area contributed by atoms with Crippen molar-refractivity contribution in [1.82, 2.24) is 0 Å². The first-order valence-electron chi connectivity index (χ1n) is 17.5. The van der Waals surface area contributed by atoms with E-state index in [1.54, 1.807) is 0 Å². The summed E-state index contributed by atoms with van der Waals surface area (Å²) in [6, 6.07) is 67.9. The van der Waals surface area contributed by atoms with Crippen molar-refractivity contribution >= 4 is 34.1 Å². The van der Waals surface area contributed by atoms with Gasteiger partial charge in [-0.3, -0.25) is 4.90 Å². The van der Waals surface area contributed by atoms with Crippen LogP contribution in [-0.4, -0.2) is 0 Å². The standard InChI is InChI=1S/C48H32N2O2/c1-3-14-39(15-4-1)49(40-16-5-2-6-17-40)41-28-26-34(27-29-41)33-22-24-35(25-23-33)36-12-11-13-37(30-36)38-31-46-48-47(32-38)52-45-21-10-8-19-43(45)50(48)42-18-7-9-20-44(42)51-46/h1-32H. The Kier molecular flexibility index (Phi) is 7.10. The molecule has 246 valence electrons. The van der Waals surface area contributed by atoms with Gasteiger partial charge in [-0.15, -0.1) is 0 Å². The highest BCUT2D eigenvalue weighted by Crippen LogP contribution is 2.60. The van der Waals surface area contributed by atoms with E-state index in [-0.39, 0.29) is 0 Å². The molecule has 0 spiro atoms. The Morgan fingerprint density at radius 2 is 0.731 bits per heavy atom. The van der Waals surface area contributed by atoms with E-state index in [4.69, 9.17) is 9.47 Å². The van der Waals surface area contributed by atoms with Crippen molar-refractivity contribution < 1.29 is 9.47 Å². The second kappa shape index (κ2) is 12.4. The number of hydrogen-bond acceptors (Lipinski definition) is 4. The van der Waals surface area contributed by atoms with E-state index in [0.717, 1.165) is 79.4 Å². The van der Waals surface area contributed by atoms with Crippen molar-refractivity contribution in [2.75, 3.05) is 9.80 Å². The van der Waals surface area contributed by atoms with Crippen LogP contribution in [0.5, 0.6) is 23.0 Å². The van der Waals surface area contributed by atoms with Crippen LogP contribution in [0.1, 0.15) is 0 Å². The Morgan fingerprint density at radius 1 is 0.308 bits per heavy atom. The molecule has 0 aliphatic carbocycles. The summed E-state index contributed by atoms with van der Waals surface area (Å²) in [4.78, 5) is 4.53. The molecule has 0 aromatic heterocycles. The fourth-order valence-electron chi connectivity index (χ4n) is 7.33. The molecule has 52 heavy (non-hydrogen) atoms. The monoisotopic (exact) mass is 668 g/mol. The van der Waals surface area contributed by atoms with E-state index in [0.29, 0.717) is 0 Å². The fourth-order valence-corrected chi connectivity index (χ4v) is 7.33. The van der Waals surface area contributed by atoms with Gasteiger partial charge in [0.1, 0.15) is 5.69 Å². The Hall–Kier alpha value is -7.04. The summed E-state index contributed by atoms with van der Waals surface area (Å²) < 4.78 is 13.0. The maximum absolute atomic E-state index is 6.51. The molecule has 2 heterocycles. The first kappa shape index (κ1) is 29.8. The number of hydrogen-bond donors (Lipinski definition) is 0. The molecule has 0 saturated carbocycles. The van der Waals surface area contributed by atoms with Crippen LogP contribution in [0.25, 0.3) is 33.4 Å². The third kappa shape index (κ3) is 5.17. The lowest BCUT2D eigenvalue weighted by Crippen LogP contribution is -2.20. The van der Waals surface area contributed by atoms with E-state index >= 15 is 0 Å². The summed E-state index contributed by atoms with van der Waals surface area (Å²) in [7, 11) is 0. The molecule has 0 amide bonds. The van der Waals surface area contributed by atoms with Crippen molar-refractivity contribution in [3.8, 4) is 56.4 Å². The molecule has 2 aliphatic rings. The molecule has 2 aliphatic heterocycles. The van der Waals surface area contributed by atoms with Crippen LogP contribution in [0.15, 0.2) is 194 Å². The molecule has 4 nitrogen and oxygen atoms in total. The largest absolute Gasteiger partial charge is 0.453 e. The van der Waals surface area contributed by atoms with Crippen molar-refractivity contribution in [2.45, 2.75) is 0 Å². The van der Waals surface area contributed by atoms with Crippen molar-refractivity contribution in [3.63, 3.8) is 0 Å². The number of para-hydroxylation sites is 6. The number of rotatable bonds is 6. The number of benzene rings is 8. The second-order valence-electron chi connectivity index (χ2n) is 13.0. The second-order valence-corrected chi connectivity index (χ2v) is 13.0. The van der Waals surface area contributed by atoms with Crippen molar-refractivity contribution in [2.24, 2.45) is 0 Å². The molecule has 8 aromatic carbocycles. The first-order chi connectivity index (χ1) is 25.8. The Morgan fingerprint density at radius 3 is 1.27 bits per heavy atom. The van der Waals surface area contributed by atoms with E-state index in [9.17, 15) is 0 Å². The van der Waals surface area contributed by atoms with Gasteiger partial charge in [-0.05, 0) is 112 Å². The number of nitrogens with zero attached hydrogens (tertiary/aromatic N) is 2. The van der Waals surface area contributed by atoms with Crippen LogP contribution >= 0.6 is 0 Å². The number of anilines is 6. The predicted molar refractivity (Wildman–Crippen MR) is 212 cm³/mol. The minimum Gasteiger partial charge on any atom is -0.453 e. The average Bonchev–Trinajstić information content (AvgIpc) is 3.22. The predicted octanol–water partition coefficient (Wildman–Crippen LogP) is 13.8. The van der Waals surface area contributed by atoms with Gasteiger partial charge in [-0.25, -0.2) is 0 Å². The van der Waals surface area contributed by atoms with Gasteiger partial charge in [0.2, 0.25) is 0 Å². The summed E-state index contributed by atoms with van der Waals surface area (Å²) in [5, 5.41) is 0. The molecule has 0 radical (unpaired) electrons. The van der Waals surface area contributed by atoms with Gasteiger partial charge in [0.15, 0.2) is 23.0 Å². The molecule has 4 heteroatoms. The normalized spacial score (nSPS) is 12.1. The van der Waals surface area contributed by atoms with Gasteiger partial charge in [0.05, 0.1) is 11.4 Å². The Balaban J connectivity index is 0.947. The van der Waals surface area contributed by atoms with Crippen molar-refractivity contribution in [3.05, 3.63) is 194 Å². The zero-order chi connectivity index (χ0) is 34.4. The Bertz CT molecular complexity index is 2450. The van der Waals surface area contributed by atoms with Crippen LogP contribution in [0, 0.1) is 0 Å². The minimum absolute atomic E-state index is 0.775. The van der Waals surface area contributed by atoms with E-state index < -0.39 is 0 Å². The Labute approximate surface area is 303 Å². The molecule has 0 saturated heterocycles. The third-order valence-corrected chi connectivity index (χ3v) is 9.82. The van der Waals surface area contributed by atoms with Gasteiger partial charge in [0.25, 0.3) is 0 Å². The number of fused-ring (bicyclic) bond motifs is 4. The molecule has 8 aromatic rings. The van der Waals surface area contributed by atoms with Crippen LogP contribution in [-0.2, 0) is 0 Å². The van der Waals surface area contributed by atoms with Gasteiger partial charge in [0, 0.05) is 17.1 Å². The van der Waals surface area contributed by atoms with Crippen molar-refractivity contribution in [1.29, 1.82) is 0 Å². The van der Waals surface area contributed by atoms with Crippen LogP contribution in [0.3, 0.4) is 0 Å². The van der Waals surface area contributed by atoms with E-state index in [1.165, 1.54) is 11.1 Å². The lowest BCUT2D eigenvalue weighted by Gasteiger charge is -2.38. The fraction of sp³-hybridized carbons (Fsp3) is 0. The molecular weight excluding hydrogens is 637 g/mol. The summed E-state index contributed by atoms with van der Waals surface area (Å²) >= 11 is 0. The molecule has 0 unspecified atom stereocenters. The van der Waals surface area contributed by atoms with E-state index in [1.807, 2.05) is 36.4 Å². The lowest BCUT2D eigenvalue weighted by molar-refractivity contribution is 0.446. The molecule has 0 fully saturated rings. The van der Waals surface area contributed by atoms with Crippen LogP contribution in [0.2, 0.25) is 0 Å². The molecule has 0 N–H and O–H groups in total. The lowest BCUT2D eigenvalue weighted by atomic mass is 9.96. The highest BCUT2D eigenvalue weighted by atomic mass is 16.5. The molecular formula is C48H32N2O2. The van der Waals surface area contributed by atoms with Gasteiger partial charge >= 0.3 is 0 Å². The zero-order valence-electron chi connectivity index (χ0n) is 28.2. The van der Waals surface area contributed by atoms with Gasteiger partial charge < -0.3 is 14.4 Å². The highest BCUT2D eigenvalue weighted by molar-refractivity contribution is 5.95. The maximum Gasteiger partial charge on any atom is 0.156 e. The topological polar surface area (TPSA) is 24.9 Å². The summed E-state index contributed by atoms with van der Waals surface area (Å²) in [5.41, 5.74) is 13.1. The molecule has 10 rings (SSSR count). The number of ether oxygens (including phenoxy) is 2. The minimum atomic E-state index is 0.775. The average molecular weight is 669 g/mol. The third-order valence-electron chi connectivity index (χ3n) is 9.82. The molecule has 0 bridgehead atoms.